The van der Waals surface area contributed by atoms with Gasteiger partial charge in [-0.3, -0.25) is 9.59 Å². The molecule has 0 saturated carbocycles. The number of nitrogens with one attached hydrogen (secondary N) is 1. The number of anilines is 1. The van der Waals surface area contributed by atoms with E-state index >= 15 is 0 Å². The summed E-state index contributed by atoms with van der Waals surface area (Å²) in [6, 6.07) is 21.4. The van der Waals surface area contributed by atoms with Crippen LogP contribution in [0, 0.1) is 0 Å². The molecule has 1 amide bonds. The fourth-order valence-electron chi connectivity index (χ4n) is 3.61. The predicted octanol–water partition coefficient (Wildman–Crippen LogP) is 5.31. The molecule has 7 nitrogen and oxygen atoms in total. The van der Waals surface area contributed by atoms with Crippen molar-refractivity contribution < 1.29 is 28.2 Å². The van der Waals surface area contributed by atoms with E-state index in [0.29, 0.717) is 40.5 Å². The standard InChI is InChI=1S/C27H25NO6/c1-3-32-23-12-8-7-11-22(23)28-27(30)26(18-9-5-4-6-10-18)34-25(29)15-19-17-33-24-16-20(31-2)13-14-21(19)24/h4-14,16-17,26H,3,15H2,1-2H3,(H,28,30). The third kappa shape index (κ3) is 5.20. The van der Waals surface area contributed by atoms with Crippen molar-refractivity contribution in [3.63, 3.8) is 0 Å². The summed E-state index contributed by atoms with van der Waals surface area (Å²) in [7, 11) is 1.57. The molecule has 0 aliphatic rings. The van der Waals surface area contributed by atoms with E-state index in [4.69, 9.17) is 18.6 Å². The molecular formula is C27H25NO6. The van der Waals surface area contributed by atoms with Crippen LogP contribution in [0.15, 0.2) is 83.5 Å². The first-order chi connectivity index (χ1) is 16.6. The second-order valence-corrected chi connectivity index (χ2v) is 7.50. The van der Waals surface area contributed by atoms with E-state index in [1.165, 1.54) is 6.26 Å². The van der Waals surface area contributed by atoms with E-state index in [1.54, 1.807) is 61.7 Å². The number of hydrogen-bond donors (Lipinski definition) is 1. The number of benzene rings is 3. The quantitative estimate of drug-likeness (QED) is 0.342. The number of methoxy groups -OCH3 is 1. The van der Waals surface area contributed by atoms with Crippen LogP contribution in [0.5, 0.6) is 11.5 Å². The number of hydrogen-bond acceptors (Lipinski definition) is 6. The number of carbonyl (C=O) groups excluding carboxylic acids is 2. The molecule has 34 heavy (non-hydrogen) atoms. The van der Waals surface area contributed by atoms with Gasteiger partial charge in [0.1, 0.15) is 17.1 Å². The lowest BCUT2D eigenvalue weighted by Gasteiger charge is -2.19. The van der Waals surface area contributed by atoms with Gasteiger partial charge >= 0.3 is 5.97 Å². The molecule has 1 unspecified atom stereocenters. The molecule has 0 bridgehead atoms. The monoisotopic (exact) mass is 459 g/mol. The van der Waals surface area contributed by atoms with Crippen molar-refractivity contribution in [2.45, 2.75) is 19.4 Å². The highest BCUT2D eigenvalue weighted by atomic mass is 16.5. The van der Waals surface area contributed by atoms with Gasteiger partial charge in [-0.05, 0) is 31.2 Å². The molecule has 0 aliphatic heterocycles. The minimum Gasteiger partial charge on any atom is -0.497 e. The number of carbonyl (C=O) groups is 2. The molecule has 4 aromatic rings. The Kier molecular flexibility index (Phi) is 7.13. The van der Waals surface area contributed by atoms with Crippen LogP contribution in [0.1, 0.15) is 24.2 Å². The summed E-state index contributed by atoms with van der Waals surface area (Å²) in [5.74, 6) is 0.162. The first kappa shape index (κ1) is 22.9. The van der Waals surface area contributed by atoms with E-state index in [1.807, 2.05) is 25.1 Å². The molecule has 0 saturated heterocycles. The molecule has 4 rings (SSSR count). The Labute approximate surface area is 197 Å². The lowest BCUT2D eigenvalue weighted by molar-refractivity contribution is -0.154. The molecule has 0 aliphatic carbocycles. The molecule has 0 fully saturated rings. The predicted molar refractivity (Wildman–Crippen MR) is 128 cm³/mol. The van der Waals surface area contributed by atoms with Gasteiger partial charge in [0.05, 0.1) is 32.1 Å². The first-order valence-corrected chi connectivity index (χ1v) is 10.9. The molecule has 0 radical (unpaired) electrons. The van der Waals surface area contributed by atoms with Gasteiger partial charge in [0.2, 0.25) is 6.10 Å². The molecule has 1 N–H and O–H groups in total. The van der Waals surface area contributed by atoms with Crippen molar-refractivity contribution >= 4 is 28.5 Å². The number of amides is 1. The smallest absolute Gasteiger partial charge is 0.311 e. The Bertz CT molecular complexity index is 1280. The van der Waals surface area contributed by atoms with Crippen LogP contribution in [0.25, 0.3) is 11.0 Å². The highest BCUT2D eigenvalue weighted by molar-refractivity contribution is 5.97. The second kappa shape index (κ2) is 10.6. The van der Waals surface area contributed by atoms with Gasteiger partial charge in [-0.1, -0.05) is 42.5 Å². The summed E-state index contributed by atoms with van der Waals surface area (Å²) in [5, 5.41) is 3.61. The highest BCUT2D eigenvalue weighted by Crippen LogP contribution is 2.29. The molecule has 1 atom stereocenters. The summed E-state index contributed by atoms with van der Waals surface area (Å²) in [6.07, 6.45) is 0.328. The highest BCUT2D eigenvalue weighted by Gasteiger charge is 2.26. The van der Waals surface area contributed by atoms with E-state index in [-0.39, 0.29) is 6.42 Å². The molecule has 3 aromatic carbocycles. The third-order valence-corrected chi connectivity index (χ3v) is 5.23. The minimum atomic E-state index is -1.14. The Morgan fingerprint density at radius 2 is 1.76 bits per heavy atom. The van der Waals surface area contributed by atoms with Crippen LogP contribution in [-0.4, -0.2) is 25.6 Å². The van der Waals surface area contributed by atoms with Crippen LogP contribution >= 0.6 is 0 Å². The SMILES string of the molecule is CCOc1ccccc1NC(=O)C(OC(=O)Cc1coc2cc(OC)ccc12)c1ccccc1. The van der Waals surface area contributed by atoms with Crippen LogP contribution < -0.4 is 14.8 Å². The van der Waals surface area contributed by atoms with Crippen LogP contribution in [-0.2, 0) is 20.7 Å². The number of esters is 1. The average Bonchev–Trinajstić information content (AvgIpc) is 3.26. The fourth-order valence-corrected chi connectivity index (χ4v) is 3.61. The van der Waals surface area contributed by atoms with Crippen molar-refractivity contribution in [2.75, 3.05) is 19.0 Å². The maximum Gasteiger partial charge on any atom is 0.311 e. The average molecular weight is 459 g/mol. The van der Waals surface area contributed by atoms with E-state index in [9.17, 15) is 9.59 Å². The van der Waals surface area contributed by atoms with Crippen molar-refractivity contribution in [1.29, 1.82) is 0 Å². The van der Waals surface area contributed by atoms with Crippen LogP contribution in [0.2, 0.25) is 0 Å². The van der Waals surface area contributed by atoms with Gasteiger partial charge < -0.3 is 23.9 Å². The number of fused-ring (bicyclic) bond motifs is 1. The Balaban J connectivity index is 1.54. The summed E-state index contributed by atoms with van der Waals surface area (Å²) >= 11 is 0. The second-order valence-electron chi connectivity index (χ2n) is 7.50. The summed E-state index contributed by atoms with van der Waals surface area (Å²) in [4.78, 5) is 26.1. The molecule has 174 valence electrons. The van der Waals surface area contributed by atoms with Gasteiger partial charge in [-0.25, -0.2) is 0 Å². The van der Waals surface area contributed by atoms with Crippen molar-refractivity contribution in [1.82, 2.24) is 0 Å². The van der Waals surface area contributed by atoms with Gasteiger partial charge in [-0.15, -0.1) is 0 Å². The topological polar surface area (TPSA) is 87.0 Å². The van der Waals surface area contributed by atoms with Gasteiger partial charge in [0.15, 0.2) is 0 Å². The molecule has 1 aromatic heterocycles. The number of para-hydroxylation sites is 2. The molecule has 7 heteroatoms. The maximum absolute atomic E-state index is 13.2. The van der Waals surface area contributed by atoms with E-state index in [0.717, 1.165) is 5.39 Å². The first-order valence-electron chi connectivity index (χ1n) is 10.9. The summed E-state index contributed by atoms with van der Waals surface area (Å²) in [6.45, 7) is 2.32. The Hall–Kier alpha value is -4.26. The maximum atomic E-state index is 13.2. The Morgan fingerprint density at radius 1 is 1.00 bits per heavy atom. The molecular weight excluding hydrogens is 434 g/mol. The van der Waals surface area contributed by atoms with Gasteiger partial charge in [0.25, 0.3) is 5.91 Å². The van der Waals surface area contributed by atoms with Crippen molar-refractivity contribution in [2.24, 2.45) is 0 Å². The summed E-state index contributed by atoms with van der Waals surface area (Å²) in [5.41, 5.74) is 2.33. The van der Waals surface area contributed by atoms with Crippen LogP contribution in [0.4, 0.5) is 5.69 Å². The fraction of sp³-hybridized carbons (Fsp3) is 0.185. The van der Waals surface area contributed by atoms with E-state index in [2.05, 4.69) is 5.32 Å². The van der Waals surface area contributed by atoms with Gasteiger partial charge in [-0.2, -0.15) is 0 Å². The largest absolute Gasteiger partial charge is 0.497 e. The minimum absolute atomic E-state index is 0.0501. The number of furan rings is 1. The zero-order valence-corrected chi connectivity index (χ0v) is 18.9. The Morgan fingerprint density at radius 3 is 2.53 bits per heavy atom. The normalized spacial score (nSPS) is 11.6. The van der Waals surface area contributed by atoms with E-state index < -0.39 is 18.0 Å². The zero-order chi connectivity index (χ0) is 23.9. The third-order valence-electron chi connectivity index (χ3n) is 5.23. The summed E-state index contributed by atoms with van der Waals surface area (Å²) < 4.78 is 22.0. The molecule has 0 spiro atoms. The van der Waals surface area contributed by atoms with Gasteiger partial charge in [0, 0.05) is 22.6 Å². The zero-order valence-electron chi connectivity index (χ0n) is 18.9. The number of ether oxygens (including phenoxy) is 3. The van der Waals surface area contributed by atoms with Crippen LogP contribution in [0.3, 0.4) is 0 Å². The van der Waals surface area contributed by atoms with Crippen molar-refractivity contribution in [3.8, 4) is 11.5 Å². The molecule has 1 heterocycles. The number of rotatable bonds is 9. The lowest BCUT2D eigenvalue weighted by atomic mass is 10.1. The lowest BCUT2D eigenvalue weighted by Crippen LogP contribution is -2.26. The van der Waals surface area contributed by atoms with Crippen molar-refractivity contribution in [3.05, 3.63) is 90.2 Å².